The number of piperidine rings is 1. The largest absolute Gasteiger partial charge is 0.497 e. The smallest absolute Gasteiger partial charge is 0.309 e. The van der Waals surface area contributed by atoms with Crippen molar-refractivity contribution in [3.8, 4) is 17.6 Å². The van der Waals surface area contributed by atoms with Gasteiger partial charge in [-0.15, -0.1) is 0 Å². The monoisotopic (exact) mass is 512 g/mol. The molecule has 2 heterocycles. The van der Waals surface area contributed by atoms with Gasteiger partial charge in [0.05, 0.1) is 29.6 Å². The number of methoxy groups -OCH3 is 1. The Hall–Kier alpha value is -3.21. The van der Waals surface area contributed by atoms with Crippen LogP contribution in [0.4, 0.5) is 8.78 Å². The molecule has 0 saturated carbocycles. The zero-order valence-corrected chi connectivity index (χ0v) is 20.7. The summed E-state index contributed by atoms with van der Waals surface area (Å²) in [6.45, 7) is 1.65. The normalized spacial score (nSPS) is 15.3. The van der Waals surface area contributed by atoms with Crippen molar-refractivity contribution in [2.24, 2.45) is 5.41 Å². The van der Waals surface area contributed by atoms with Gasteiger partial charge in [0.15, 0.2) is 11.6 Å². The summed E-state index contributed by atoms with van der Waals surface area (Å²) < 4.78 is 31.7. The number of likely N-dealkylation sites (tertiary alicyclic amines) is 1. The lowest BCUT2D eigenvalue weighted by Gasteiger charge is -2.38. The summed E-state index contributed by atoms with van der Waals surface area (Å²) in [5.74, 6) is 3.94. The third-order valence-corrected chi connectivity index (χ3v) is 7.26. The molecule has 4 rings (SSSR count). The van der Waals surface area contributed by atoms with Gasteiger partial charge in [-0.05, 0) is 74.1 Å². The molecule has 1 aromatic heterocycles. The first-order chi connectivity index (χ1) is 17.3. The molecule has 2 aromatic carbocycles. The molecule has 0 aliphatic carbocycles. The number of rotatable bonds is 7. The lowest BCUT2D eigenvalue weighted by molar-refractivity contribution is -0.152. The van der Waals surface area contributed by atoms with Crippen LogP contribution >= 0.6 is 11.6 Å². The third-order valence-electron chi connectivity index (χ3n) is 6.94. The van der Waals surface area contributed by atoms with Crippen LogP contribution in [-0.2, 0) is 11.2 Å². The fourth-order valence-corrected chi connectivity index (χ4v) is 4.97. The molecular formula is C28H27ClF2N2O3. The van der Waals surface area contributed by atoms with Crippen LogP contribution in [-0.4, -0.2) is 47.7 Å². The van der Waals surface area contributed by atoms with E-state index in [2.05, 4.69) is 21.7 Å². The molecule has 36 heavy (non-hydrogen) atoms. The minimum absolute atomic E-state index is 0.408. The topological polar surface area (TPSA) is 62.7 Å². The Bertz CT molecular complexity index is 1330. The van der Waals surface area contributed by atoms with Gasteiger partial charge in [-0.2, -0.15) is 0 Å². The summed E-state index contributed by atoms with van der Waals surface area (Å²) in [5, 5.41) is 11.6. The summed E-state index contributed by atoms with van der Waals surface area (Å²) in [7, 11) is 1.61. The number of hydrogen-bond donors (Lipinski definition) is 1. The van der Waals surface area contributed by atoms with Gasteiger partial charge in [0.2, 0.25) is 0 Å². The number of nitrogens with zero attached hydrogens (tertiary/aromatic N) is 2. The van der Waals surface area contributed by atoms with Gasteiger partial charge in [-0.25, -0.2) is 8.78 Å². The second kappa shape index (κ2) is 11.2. The first-order valence-electron chi connectivity index (χ1n) is 11.8. The highest BCUT2D eigenvalue weighted by molar-refractivity contribution is 6.32. The molecule has 1 aliphatic rings. The number of carboxylic acids is 1. The van der Waals surface area contributed by atoms with E-state index in [1.165, 1.54) is 6.07 Å². The van der Waals surface area contributed by atoms with Crippen LogP contribution in [0.2, 0.25) is 5.02 Å². The lowest BCUT2D eigenvalue weighted by Crippen LogP contribution is -2.44. The Morgan fingerprint density at radius 3 is 2.67 bits per heavy atom. The zero-order valence-electron chi connectivity index (χ0n) is 20.0. The van der Waals surface area contributed by atoms with Gasteiger partial charge in [0.25, 0.3) is 0 Å². The van der Waals surface area contributed by atoms with E-state index in [4.69, 9.17) is 16.3 Å². The molecule has 0 unspecified atom stereocenters. The first-order valence-corrected chi connectivity index (χ1v) is 12.2. The van der Waals surface area contributed by atoms with Gasteiger partial charge >= 0.3 is 5.97 Å². The molecule has 8 heteroatoms. The maximum absolute atomic E-state index is 13.3. The number of aromatic nitrogens is 1. The molecule has 1 saturated heterocycles. The fourth-order valence-electron chi connectivity index (χ4n) is 4.72. The molecule has 0 atom stereocenters. The highest BCUT2D eigenvalue weighted by atomic mass is 35.5. The van der Waals surface area contributed by atoms with E-state index < -0.39 is 23.0 Å². The van der Waals surface area contributed by atoms with Crippen molar-refractivity contribution in [2.75, 3.05) is 26.7 Å². The molecule has 3 aromatic rings. The van der Waals surface area contributed by atoms with Gasteiger partial charge in [-0.3, -0.25) is 14.7 Å². The fraction of sp³-hybridized carbons (Fsp3) is 0.357. The van der Waals surface area contributed by atoms with Crippen LogP contribution in [0.1, 0.15) is 36.8 Å². The number of ether oxygens (including phenoxy) is 1. The number of carbonyl (C=O) groups is 1. The average Bonchev–Trinajstić information content (AvgIpc) is 2.88. The van der Waals surface area contributed by atoms with Crippen molar-refractivity contribution in [2.45, 2.75) is 32.1 Å². The van der Waals surface area contributed by atoms with Crippen molar-refractivity contribution < 1.29 is 23.4 Å². The Balaban J connectivity index is 1.37. The van der Waals surface area contributed by atoms with Crippen LogP contribution in [0.5, 0.6) is 5.75 Å². The third kappa shape index (κ3) is 5.77. The molecule has 0 spiro atoms. The number of benzene rings is 2. The number of carboxylic acid groups (broad SMARTS) is 1. The van der Waals surface area contributed by atoms with E-state index >= 15 is 0 Å². The van der Waals surface area contributed by atoms with Gasteiger partial charge in [-0.1, -0.05) is 23.4 Å². The number of aliphatic carboxylic acids is 1. The molecule has 1 aliphatic heterocycles. The van der Waals surface area contributed by atoms with Gasteiger partial charge < -0.3 is 9.84 Å². The number of aryl methyl sites for hydroxylation is 1. The van der Waals surface area contributed by atoms with E-state index in [1.807, 2.05) is 18.2 Å². The Morgan fingerprint density at radius 2 is 1.97 bits per heavy atom. The van der Waals surface area contributed by atoms with Crippen molar-refractivity contribution >= 4 is 28.5 Å². The van der Waals surface area contributed by atoms with Crippen LogP contribution in [0.25, 0.3) is 10.9 Å². The van der Waals surface area contributed by atoms with E-state index in [-0.39, 0.29) is 0 Å². The van der Waals surface area contributed by atoms with E-state index in [0.717, 1.165) is 34.3 Å². The number of fused-ring (bicyclic) bond motifs is 1. The standard InChI is InChI=1S/C28H27ClF2N2O3/c1-36-20-7-9-26-22(17-20)21(23(29)18-32-26)5-2-10-28(27(34)35)11-14-33(15-12-28)13-3-4-19-6-8-24(30)25(31)16-19/h6-9,16-18H,2,5,10-15H2,1H3,(H,34,35). The minimum atomic E-state index is -0.925. The van der Waals surface area contributed by atoms with E-state index in [1.54, 1.807) is 13.3 Å². The van der Waals surface area contributed by atoms with Gasteiger partial charge in [0.1, 0.15) is 5.75 Å². The van der Waals surface area contributed by atoms with E-state index in [0.29, 0.717) is 62.3 Å². The molecular weight excluding hydrogens is 486 g/mol. The van der Waals surface area contributed by atoms with Crippen molar-refractivity contribution in [3.63, 3.8) is 0 Å². The summed E-state index contributed by atoms with van der Waals surface area (Å²) in [5.41, 5.74) is 1.38. The second-order valence-corrected chi connectivity index (χ2v) is 9.52. The molecule has 5 nitrogen and oxygen atoms in total. The summed E-state index contributed by atoms with van der Waals surface area (Å²) in [4.78, 5) is 18.8. The molecule has 0 bridgehead atoms. The number of halogens is 3. The highest BCUT2D eigenvalue weighted by Crippen LogP contribution is 2.38. The molecule has 1 N–H and O–H groups in total. The lowest BCUT2D eigenvalue weighted by atomic mass is 9.74. The maximum Gasteiger partial charge on any atom is 0.309 e. The van der Waals surface area contributed by atoms with Crippen molar-refractivity contribution in [1.82, 2.24) is 9.88 Å². The SMILES string of the molecule is COc1ccc2ncc(Cl)c(CCCC3(C(=O)O)CCN(CC#Cc4ccc(F)c(F)c4)CC3)c2c1. The quantitative estimate of drug-likeness (QED) is 0.410. The Morgan fingerprint density at radius 1 is 1.19 bits per heavy atom. The Kier molecular flexibility index (Phi) is 8.07. The van der Waals surface area contributed by atoms with Crippen molar-refractivity contribution in [1.29, 1.82) is 0 Å². The van der Waals surface area contributed by atoms with Crippen molar-refractivity contribution in [3.05, 3.63) is 70.4 Å². The van der Waals surface area contributed by atoms with Crippen LogP contribution in [0, 0.1) is 28.9 Å². The highest BCUT2D eigenvalue weighted by Gasteiger charge is 2.40. The van der Waals surface area contributed by atoms with Crippen LogP contribution in [0.3, 0.4) is 0 Å². The Labute approximate surface area is 214 Å². The van der Waals surface area contributed by atoms with Crippen LogP contribution in [0.15, 0.2) is 42.6 Å². The molecule has 0 radical (unpaired) electrons. The first kappa shape index (κ1) is 25.9. The second-order valence-electron chi connectivity index (χ2n) is 9.11. The summed E-state index contributed by atoms with van der Waals surface area (Å²) in [6, 6.07) is 9.21. The number of pyridine rings is 1. The van der Waals surface area contributed by atoms with Crippen LogP contribution < -0.4 is 4.74 Å². The predicted octanol–water partition coefficient (Wildman–Crippen LogP) is 5.72. The average molecular weight is 513 g/mol. The summed E-state index contributed by atoms with van der Waals surface area (Å²) in [6.07, 6.45) is 4.54. The van der Waals surface area contributed by atoms with E-state index in [9.17, 15) is 18.7 Å². The zero-order chi connectivity index (χ0) is 25.7. The number of hydrogen-bond acceptors (Lipinski definition) is 4. The molecule has 1 fully saturated rings. The molecule has 0 amide bonds. The molecule has 188 valence electrons. The maximum atomic E-state index is 13.3. The summed E-state index contributed by atoms with van der Waals surface area (Å²) >= 11 is 6.47. The minimum Gasteiger partial charge on any atom is -0.497 e. The van der Waals surface area contributed by atoms with Gasteiger partial charge in [0, 0.05) is 30.2 Å². The predicted molar refractivity (Wildman–Crippen MR) is 135 cm³/mol.